The molecule has 2 rings (SSSR count). The average Bonchev–Trinajstić information content (AvgIpc) is 2.63. The molecular formula is C18H21F3N2O3. The van der Waals surface area contributed by atoms with E-state index in [-0.39, 0.29) is 19.4 Å². The Hall–Kier alpha value is -2.11. The molecule has 0 aromatic heterocycles. The van der Waals surface area contributed by atoms with Crippen LogP contribution in [0.25, 0.3) is 0 Å². The Bertz CT molecular complexity index is 649. The minimum absolute atomic E-state index is 0.000219. The van der Waals surface area contributed by atoms with Gasteiger partial charge in [-0.15, -0.1) is 0 Å². The van der Waals surface area contributed by atoms with Gasteiger partial charge < -0.3 is 9.47 Å². The Morgan fingerprint density at radius 2 is 1.81 bits per heavy atom. The molecule has 1 saturated heterocycles. The first-order chi connectivity index (χ1) is 12.3. The van der Waals surface area contributed by atoms with Crippen LogP contribution in [0.15, 0.2) is 24.3 Å². The summed E-state index contributed by atoms with van der Waals surface area (Å²) in [6.45, 7) is 3.67. The van der Waals surface area contributed by atoms with E-state index >= 15 is 0 Å². The Morgan fingerprint density at radius 3 is 2.31 bits per heavy atom. The summed E-state index contributed by atoms with van der Waals surface area (Å²) in [7, 11) is 0. The molecule has 0 spiro atoms. The van der Waals surface area contributed by atoms with Crippen LogP contribution in [0.2, 0.25) is 0 Å². The monoisotopic (exact) mass is 370 g/mol. The zero-order chi connectivity index (χ0) is 19.2. The molecule has 0 saturated carbocycles. The van der Waals surface area contributed by atoms with E-state index in [1.807, 2.05) is 4.90 Å². The van der Waals surface area contributed by atoms with Gasteiger partial charge in [0.15, 0.2) is 0 Å². The quantitative estimate of drug-likeness (QED) is 0.720. The minimum Gasteiger partial charge on any atom is -0.466 e. The molecule has 1 fully saturated rings. The van der Waals surface area contributed by atoms with Gasteiger partial charge in [0, 0.05) is 19.5 Å². The fourth-order valence-electron chi connectivity index (χ4n) is 3.07. The van der Waals surface area contributed by atoms with Crippen molar-refractivity contribution in [2.24, 2.45) is 0 Å². The van der Waals surface area contributed by atoms with Gasteiger partial charge in [0.25, 0.3) is 0 Å². The largest absolute Gasteiger partial charge is 0.466 e. The number of alkyl halides is 3. The SMILES string of the molecule is CCOC(=O)CCC(C#N)(c1ccc(C(F)(F)F)cc1)N1CCOCC1. The third kappa shape index (κ3) is 4.54. The summed E-state index contributed by atoms with van der Waals surface area (Å²) in [6.07, 6.45) is -4.31. The van der Waals surface area contributed by atoms with Crippen molar-refractivity contribution in [2.45, 2.75) is 31.5 Å². The number of benzene rings is 1. The number of hydrogen-bond acceptors (Lipinski definition) is 5. The van der Waals surface area contributed by atoms with Gasteiger partial charge in [0.05, 0.1) is 31.5 Å². The zero-order valence-corrected chi connectivity index (χ0v) is 14.5. The molecule has 0 amide bonds. The lowest BCUT2D eigenvalue weighted by molar-refractivity contribution is -0.144. The molecule has 8 heteroatoms. The molecule has 5 nitrogen and oxygen atoms in total. The van der Waals surface area contributed by atoms with Crippen molar-refractivity contribution in [1.82, 2.24) is 4.90 Å². The van der Waals surface area contributed by atoms with Crippen LogP contribution in [0.1, 0.15) is 30.9 Å². The predicted molar refractivity (Wildman–Crippen MR) is 87.0 cm³/mol. The molecule has 0 aliphatic carbocycles. The molecule has 1 aliphatic heterocycles. The van der Waals surface area contributed by atoms with Crippen molar-refractivity contribution in [1.29, 1.82) is 5.26 Å². The van der Waals surface area contributed by atoms with E-state index < -0.39 is 23.2 Å². The first kappa shape index (κ1) is 20.2. The number of esters is 1. The standard InChI is InChI=1S/C18H21F3N2O3/c1-2-26-16(24)7-8-17(13-22,23-9-11-25-12-10-23)14-3-5-15(6-4-14)18(19,20)21/h3-6H,2,7-12H2,1H3. The second-order valence-electron chi connectivity index (χ2n) is 5.95. The van der Waals surface area contributed by atoms with Gasteiger partial charge in [-0.1, -0.05) is 12.1 Å². The van der Waals surface area contributed by atoms with Crippen LogP contribution in [-0.4, -0.2) is 43.8 Å². The van der Waals surface area contributed by atoms with Gasteiger partial charge in [-0.05, 0) is 31.0 Å². The third-order valence-corrected chi connectivity index (χ3v) is 4.42. The minimum atomic E-state index is -4.45. The fraction of sp³-hybridized carbons (Fsp3) is 0.556. The predicted octanol–water partition coefficient (Wildman–Crippen LogP) is 3.10. The molecule has 0 radical (unpaired) electrons. The lowest BCUT2D eigenvalue weighted by Crippen LogP contribution is -2.51. The summed E-state index contributed by atoms with van der Waals surface area (Å²) >= 11 is 0. The van der Waals surface area contributed by atoms with E-state index in [1.54, 1.807) is 6.92 Å². The molecular weight excluding hydrogens is 349 g/mol. The number of nitriles is 1. The van der Waals surface area contributed by atoms with Crippen LogP contribution in [-0.2, 0) is 26.0 Å². The zero-order valence-electron chi connectivity index (χ0n) is 14.5. The van der Waals surface area contributed by atoms with E-state index in [0.29, 0.717) is 31.9 Å². The summed E-state index contributed by atoms with van der Waals surface area (Å²) in [5.74, 6) is -0.438. The second kappa shape index (κ2) is 8.52. The van der Waals surface area contributed by atoms with Crippen molar-refractivity contribution < 1.29 is 27.4 Å². The van der Waals surface area contributed by atoms with Gasteiger partial charge in [0.2, 0.25) is 0 Å². The molecule has 1 aromatic carbocycles. The number of carbonyl (C=O) groups excluding carboxylic acids is 1. The van der Waals surface area contributed by atoms with Crippen LogP contribution in [0.3, 0.4) is 0 Å². The van der Waals surface area contributed by atoms with E-state index in [1.165, 1.54) is 12.1 Å². The molecule has 0 N–H and O–H groups in total. The van der Waals surface area contributed by atoms with Gasteiger partial charge in [-0.2, -0.15) is 18.4 Å². The number of halogens is 3. The molecule has 1 heterocycles. The van der Waals surface area contributed by atoms with Gasteiger partial charge in [-0.3, -0.25) is 9.69 Å². The maximum atomic E-state index is 12.8. The lowest BCUT2D eigenvalue weighted by Gasteiger charge is -2.41. The van der Waals surface area contributed by atoms with Crippen LogP contribution in [0.5, 0.6) is 0 Å². The fourth-order valence-corrected chi connectivity index (χ4v) is 3.07. The Morgan fingerprint density at radius 1 is 1.23 bits per heavy atom. The first-order valence-electron chi connectivity index (χ1n) is 8.41. The highest BCUT2D eigenvalue weighted by atomic mass is 19.4. The first-order valence-corrected chi connectivity index (χ1v) is 8.41. The Balaban J connectivity index is 2.35. The van der Waals surface area contributed by atoms with Crippen molar-refractivity contribution in [3.05, 3.63) is 35.4 Å². The number of ether oxygens (including phenoxy) is 2. The number of carbonyl (C=O) groups is 1. The molecule has 142 valence electrons. The van der Waals surface area contributed by atoms with E-state index in [2.05, 4.69) is 6.07 Å². The van der Waals surface area contributed by atoms with Crippen LogP contribution in [0, 0.1) is 11.3 Å². The highest BCUT2D eigenvalue weighted by Crippen LogP contribution is 2.36. The van der Waals surface area contributed by atoms with Gasteiger partial charge in [0.1, 0.15) is 5.54 Å². The number of nitrogens with zero attached hydrogens (tertiary/aromatic N) is 2. The summed E-state index contributed by atoms with van der Waals surface area (Å²) in [5.41, 5.74) is -1.56. The number of rotatable bonds is 6. The molecule has 26 heavy (non-hydrogen) atoms. The van der Waals surface area contributed by atoms with Crippen molar-refractivity contribution in [3.8, 4) is 6.07 Å². The van der Waals surface area contributed by atoms with Gasteiger partial charge in [-0.25, -0.2) is 0 Å². The second-order valence-corrected chi connectivity index (χ2v) is 5.95. The molecule has 1 aromatic rings. The Labute approximate surface area is 150 Å². The molecule has 1 unspecified atom stereocenters. The summed E-state index contributed by atoms with van der Waals surface area (Å²) in [6, 6.07) is 6.79. The van der Waals surface area contributed by atoms with Crippen molar-refractivity contribution in [2.75, 3.05) is 32.9 Å². The highest BCUT2D eigenvalue weighted by molar-refractivity contribution is 5.69. The molecule has 1 atom stereocenters. The lowest BCUT2D eigenvalue weighted by atomic mass is 9.84. The third-order valence-electron chi connectivity index (χ3n) is 4.42. The molecule has 1 aliphatic rings. The van der Waals surface area contributed by atoms with Crippen LogP contribution < -0.4 is 0 Å². The highest BCUT2D eigenvalue weighted by Gasteiger charge is 2.41. The Kier molecular flexibility index (Phi) is 6.62. The van der Waals surface area contributed by atoms with E-state index in [9.17, 15) is 23.2 Å². The summed E-state index contributed by atoms with van der Waals surface area (Å²) in [5, 5.41) is 9.95. The smallest absolute Gasteiger partial charge is 0.416 e. The van der Waals surface area contributed by atoms with E-state index in [4.69, 9.17) is 9.47 Å². The number of morpholine rings is 1. The van der Waals surface area contributed by atoms with E-state index in [0.717, 1.165) is 12.1 Å². The summed E-state index contributed by atoms with van der Waals surface area (Å²) < 4.78 is 48.8. The maximum Gasteiger partial charge on any atom is 0.416 e. The van der Waals surface area contributed by atoms with Crippen molar-refractivity contribution >= 4 is 5.97 Å². The van der Waals surface area contributed by atoms with Gasteiger partial charge >= 0.3 is 12.1 Å². The normalized spacial score (nSPS) is 18.0. The average molecular weight is 370 g/mol. The molecule has 0 bridgehead atoms. The van der Waals surface area contributed by atoms with Crippen LogP contribution in [0.4, 0.5) is 13.2 Å². The van der Waals surface area contributed by atoms with Crippen molar-refractivity contribution in [3.63, 3.8) is 0 Å². The maximum absolute atomic E-state index is 12.8. The topological polar surface area (TPSA) is 62.6 Å². The number of hydrogen-bond donors (Lipinski definition) is 0. The summed E-state index contributed by atoms with van der Waals surface area (Å²) in [4.78, 5) is 13.6. The van der Waals surface area contributed by atoms with Crippen LogP contribution >= 0.6 is 0 Å².